The molecule has 0 unspecified atom stereocenters. The van der Waals surface area contributed by atoms with Gasteiger partial charge in [0.1, 0.15) is 0 Å². The van der Waals surface area contributed by atoms with E-state index in [0.717, 1.165) is 11.1 Å². The number of aryl methyl sites for hydroxylation is 1. The van der Waals surface area contributed by atoms with Crippen molar-refractivity contribution in [2.75, 3.05) is 6.61 Å². The van der Waals surface area contributed by atoms with Crippen molar-refractivity contribution in [3.8, 4) is 0 Å². The number of benzene rings is 4. The molecule has 0 heterocycles. The fourth-order valence-electron chi connectivity index (χ4n) is 5.07. The number of nitrogens with one attached hydrogen (secondary N) is 1. The standard InChI is InChI=1S/C34H39NO3SSi/c1-28-20-24-31(25-21-28)39(36,37)35-30(23-22-29-14-8-5-9-15-29)26-27-38-40(34(2,3)4,32-16-10-6-11-17-32)33-18-12-7-13-19-33/h5-25,30,35H,26-27H2,1-4H3/b23-22+/t30-/m1/s1. The molecule has 0 saturated heterocycles. The first-order valence-electron chi connectivity index (χ1n) is 13.7. The molecule has 4 aromatic rings. The van der Waals surface area contributed by atoms with Gasteiger partial charge in [-0.3, -0.25) is 0 Å². The van der Waals surface area contributed by atoms with Gasteiger partial charge in [0.2, 0.25) is 10.0 Å². The number of rotatable bonds is 11. The largest absolute Gasteiger partial charge is 0.407 e. The lowest BCUT2D eigenvalue weighted by molar-refractivity contribution is 0.284. The second kappa shape index (κ2) is 12.9. The van der Waals surface area contributed by atoms with Gasteiger partial charge in [-0.1, -0.05) is 142 Å². The van der Waals surface area contributed by atoms with E-state index in [9.17, 15) is 8.42 Å². The molecule has 0 aromatic heterocycles. The van der Waals surface area contributed by atoms with Gasteiger partial charge in [0.15, 0.2) is 0 Å². The van der Waals surface area contributed by atoms with Gasteiger partial charge in [0.25, 0.3) is 8.32 Å². The molecule has 0 spiro atoms. The lowest BCUT2D eigenvalue weighted by Gasteiger charge is -2.43. The van der Waals surface area contributed by atoms with Crippen LogP contribution in [0.1, 0.15) is 38.3 Å². The minimum Gasteiger partial charge on any atom is -0.407 e. The van der Waals surface area contributed by atoms with Crippen molar-refractivity contribution in [2.45, 2.75) is 50.1 Å². The van der Waals surface area contributed by atoms with Crippen molar-refractivity contribution >= 4 is 34.8 Å². The Labute approximate surface area is 240 Å². The van der Waals surface area contributed by atoms with Crippen molar-refractivity contribution in [1.82, 2.24) is 4.72 Å². The summed E-state index contributed by atoms with van der Waals surface area (Å²) < 4.78 is 36.7. The van der Waals surface area contributed by atoms with E-state index in [4.69, 9.17) is 4.43 Å². The molecule has 4 rings (SSSR count). The fourth-order valence-corrected chi connectivity index (χ4v) is 10.9. The van der Waals surface area contributed by atoms with Crippen molar-refractivity contribution in [1.29, 1.82) is 0 Å². The summed E-state index contributed by atoms with van der Waals surface area (Å²) in [5, 5.41) is 2.24. The molecule has 0 amide bonds. The highest BCUT2D eigenvalue weighted by molar-refractivity contribution is 7.89. The molecule has 0 saturated carbocycles. The Kier molecular flexibility index (Phi) is 9.58. The van der Waals surface area contributed by atoms with E-state index in [1.165, 1.54) is 10.4 Å². The summed E-state index contributed by atoms with van der Waals surface area (Å²) in [4.78, 5) is 0.254. The summed E-state index contributed by atoms with van der Waals surface area (Å²) >= 11 is 0. The molecule has 1 atom stereocenters. The fraction of sp³-hybridized carbons (Fsp3) is 0.235. The predicted octanol–water partition coefficient (Wildman–Crippen LogP) is 6.32. The van der Waals surface area contributed by atoms with Crippen molar-refractivity contribution in [2.24, 2.45) is 0 Å². The Morgan fingerprint density at radius 3 is 1.77 bits per heavy atom. The highest BCUT2D eigenvalue weighted by atomic mass is 32.2. The van der Waals surface area contributed by atoms with Crippen LogP contribution < -0.4 is 15.1 Å². The number of hydrogen-bond donors (Lipinski definition) is 1. The van der Waals surface area contributed by atoms with Crippen LogP contribution >= 0.6 is 0 Å². The Balaban J connectivity index is 1.65. The smallest absolute Gasteiger partial charge is 0.261 e. The average Bonchev–Trinajstić information content (AvgIpc) is 2.95. The van der Waals surface area contributed by atoms with Gasteiger partial charge in [-0.2, -0.15) is 0 Å². The van der Waals surface area contributed by atoms with Crippen LogP contribution in [0, 0.1) is 6.92 Å². The molecule has 0 aliphatic rings. The SMILES string of the molecule is Cc1ccc(S(=O)(=O)N[C@H](/C=C/c2ccccc2)CCO[Si](c2ccccc2)(c2ccccc2)C(C)(C)C)cc1. The van der Waals surface area contributed by atoms with E-state index in [1.807, 2.05) is 73.7 Å². The van der Waals surface area contributed by atoms with Gasteiger partial charge in [0.05, 0.1) is 4.90 Å². The molecule has 6 heteroatoms. The summed E-state index contributed by atoms with van der Waals surface area (Å²) in [7, 11) is -6.46. The lowest BCUT2D eigenvalue weighted by atomic mass is 10.1. The molecule has 4 nitrogen and oxygen atoms in total. The molecule has 40 heavy (non-hydrogen) atoms. The van der Waals surface area contributed by atoms with Crippen LogP contribution in [0.4, 0.5) is 0 Å². The lowest BCUT2D eigenvalue weighted by Crippen LogP contribution is -2.66. The normalized spacial score (nSPS) is 13.4. The molecule has 0 aliphatic heterocycles. The Bertz CT molecular complexity index is 1440. The zero-order valence-corrected chi connectivity index (χ0v) is 25.6. The Morgan fingerprint density at radius 2 is 1.27 bits per heavy atom. The monoisotopic (exact) mass is 569 g/mol. The van der Waals surface area contributed by atoms with Gasteiger partial charge in [-0.05, 0) is 46.5 Å². The third kappa shape index (κ3) is 7.07. The first kappa shape index (κ1) is 29.7. The topological polar surface area (TPSA) is 55.4 Å². The molecule has 0 bridgehead atoms. The molecule has 1 N–H and O–H groups in total. The maximum atomic E-state index is 13.4. The molecular weight excluding hydrogens is 531 g/mol. The first-order chi connectivity index (χ1) is 19.1. The molecule has 0 fully saturated rings. The minimum absolute atomic E-state index is 0.160. The minimum atomic E-state index is -3.72. The van der Waals surface area contributed by atoms with Gasteiger partial charge in [-0.15, -0.1) is 0 Å². The third-order valence-corrected chi connectivity index (χ3v) is 13.7. The maximum Gasteiger partial charge on any atom is 0.261 e. The van der Waals surface area contributed by atoms with Crippen LogP contribution in [0.5, 0.6) is 0 Å². The van der Waals surface area contributed by atoms with Crippen LogP contribution in [0.25, 0.3) is 6.08 Å². The van der Waals surface area contributed by atoms with Gasteiger partial charge >= 0.3 is 0 Å². The average molecular weight is 570 g/mol. The van der Waals surface area contributed by atoms with Crippen molar-refractivity contribution in [3.63, 3.8) is 0 Å². The van der Waals surface area contributed by atoms with Crippen LogP contribution in [0.2, 0.25) is 5.04 Å². The van der Waals surface area contributed by atoms with Crippen LogP contribution in [-0.2, 0) is 14.4 Å². The summed E-state index contributed by atoms with van der Waals surface area (Å²) in [5.74, 6) is 0. The van der Waals surface area contributed by atoms with E-state index in [1.54, 1.807) is 12.1 Å². The van der Waals surface area contributed by atoms with E-state index in [0.29, 0.717) is 13.0 Å². The highest BCUT2D eigenvalue weighted by Crippen LogP contribution is 2.36. The highest BCUT2D eigenvalue weighted by Gasteiger charge is 2.50. The first-order valence-corrected chi connectivity index (χ1v) is 17.1. The summed E-state index contributed by atoms with van der Waals surface area (Å²) in [5.41, 5.74) is 2.02. The third-order valence-electron chi connectivity index (χ3n) is 7.12. The molecule has 208 valence electrons. The van der Waals surface area contributed by atoms with Gasteiger partial charge in [0, 0.05) is 12.6 Å². The van der Waals surface area contributed by atoms with Crippen molar-refractivity contribution < 1.29 is 12.8 Å². The second-order valence-corrected chi connectivity index (χ2v) is 17.1. The second-order valence-electron chi connectivity index (χ2n) is 11.1. The van der Waals surface area contributed by atoms with E-state index in [-0.39, 0.29) is 9.93 Å². The van der Waals surface area contributed by atoms with Crippen LogP contribution in [-0.4, -0.2) is 29.4 Å². The maximum absolute atomic E-state index is 13.4. The summed E-state index contributed by atoms with van der Waals surface area (Å²) in [6, 6.07) is 37.4. The summed E-state index contributed by atoms with van der Waals surface area (Å²) in [6.07, 6.45) is 4.37. The summed E-state index contributed by atoms with van der Waals surface area (Å²) in [6.45, 7) is 9.06. The van der Waals surface area contributed by atoms with Crippen LogP contribution in [0.15, 0.2) is 126 Å². The van der Waals surface area contributed by atoms with E-state index < -0.39 is 24.4 Å². The zero-order chi connectivity index (χ0) is 28.6. The Hall–Kier alpha value is -3.29. The van der Waals surface area contributed by atoms with Crippen LogP contribution in [0.3, 0.4) is 0 Å². The number of hydrogen-bond acceptors (Lipinski definition) is 3. The van der Waals surface area contributed by atoms with Gasteiger partial charge < -0.3 is 4.43 Å². The quantitative estimate of drug-likeness (QED) is 0.215. The zero-order valence-electron chi connectivity index (χ0n) is 23.7. The van der Waals surface area contributed by atoms with E-state index in [2.05, 4.69) is 74.0 Å². The van der Waals surface area contributed by atoms with E-state index >= 15 is 0 Å². The molecular formula is C34H39NO3SSi. The number of sulfonamides is 1. The molecule has 0 radical (unpaired) electrons. The molecule has 0 aliphatic carbocycles. The van der Waals surface area contributed by atoms with Gasteiger partial charge in [-0.25, -0.2) is 13.1 Å². The molecule has 4 aromatic carbocycles. The Morgan fingerprint density at radius 1 is 0.775 bits per heavy atom. The van der Waals surface area contributed by atoms with Crippen molar-refractivity contribution in [3.05, 3.63) is 132 Å². The predicted molar refractivity (Wildman–Crippen MR) is 169 cm³/mol.